The van der Waals surface area contributed by atoms with Gasteiger partial charge in [0.2, 0.25) is 5.89 Å². The van der Waals surface area contributed by atoms with Gasteiger partial charge in [0.05, 0.1) is 24.7 Å². The first-order valence-corrected chi connectivity index (χ1v) is 8.96. The van der Waals surface area contributed by atoms with Crippen molar-refractivity contribution in [3.63, 3.8) is 0 Å². The number of carbonyl (C=O) groups excluding carboxylic acids is 1. The molecule has 0 amide bonds. The molecule has 0 aliphatic heterocycles. The van der Waals surface area contributed by atoms with Crippen molar-refractivity contribution in [1.29, 1.82) is 0 Å². The smallest absolute Gasteiger partial charge is 0.338 e. The zero-order valence-electron chi connectivity index (χ0n) is 14.9. The van der Waals surface area contributed by atoms with Crippen LogP contribution in [0.1, 0.15) is 15.9 Å². The molecule has 0 aliphatic carbocycles. The Bertz CT molecular complexity index is 1000. The number of benzene rings is 2. The second-order valence-electron chi connectivity index (χ2n) is 5.53. The van der Waals surface area contributed by atoms with Crippen LogP contribution in [0.5, 0.6) is 5.75 Å². The molecule has 0 saturated carbocycles. The maximum atomic E-state index is 11.7. The highest BCUT2D eigenvalue weighted by Gasteiger charge is 2.16. The van der Waals surface area contributed by atoms with Crippen LogP contribution >= 0.6 is 11.8 Å². The summed E-state index contributed by atoms with van der Waals surface area (Å²) in [5.41, 5.74) is 1.21. The van der Waals surface area contributed by atoms with E-state index >= 15 is 0 Å². The van der Waals surface area contributed by atoms with Gasteiger partial charge >= 0.3 is 5.97 Å². The van der Waals surface area contributed by atoms with Gasteiger partial charge in [0.1, 0.15) is 5.75 Å². The van der Waals surface area contributed by atoms with Crippen molar-refractivity contribution in [3.8, 4) is 17.2 Å². The van der Waals surface area contributed by atoms with E-state index in [4.69, 9.17) is 9.15 Å². The molecule has 0 fully saturated rings. The molecule has 0 bridgehead atoms. The zero-order valence-corrected chi connectivity index (χ0v) is 15.8. The van der Waals surface area contributed by atoms with Gasteiger partial charge < -0.3 is 13.9 Å². The van der Waals surface area contributed by atoms with Gasteiger partial charge in [-0.3, -0.25) is 10.1 Å². The predicted octanol–water partition coefficient (Wildman–Crippen LogP) is 3.73. The maximum Gasteiger partial charge on any atom is 0.338 e. The first-order chi connectivity index (χ1) is 13.5. The highest BCUT2D eigenvalue weighted by molar-refractivity contribution is 7.98. The molecule has 1 heterocycles. The molecule has 1 aromatic heterocycles. The van der Waals surface area contributed by atoms with E-state index < -0.39 is 10.9 Å². The number of non-ortho nitro benzene ring substituents is 1. The fourth-order valence-electron chi connectivity index (χ4n) is 2.36. The van der Waals surface area contributed by atoms with Crippen LogP contribution in [0.3, 0.4) is 0 Å². The number of carbonyl (C=O) groups is 1. The van der Waals surface area contributed by atoms with Gasteiger partial charge in [-0.25, -0.2) is 4.79 Å². The van der Waals surface area contributed by atoms with Gasteiger partial charge in [-0.05, 0) is 35.9 Å². The molecule has 3 aromatic rings. The lowest BCUT2D eigenvalue weighted by Crippen LogP contribution is -2.03. The van der Waals surface area contributed by atoms with Crippen molar-refractivity contribution >= 4 is 23.4 Å². The van der Waals surface area contributed by atoms with Gasteiger partial charge in [0.15, 0.2) is 0 Å². The SMILES string of the molecule is COC(=O)c1cc(CSc2nnc(-c3ccc(OC)cc3)o2)cc([N+](=O)[O-])c1. The average molecular weight is 401 g/mol. The fraction of sp³-hybridized carbons (Fsp3) is 0.167. The molecule has 0 atom stereocenters. The van der Waals surface area contributed by atoms with Crippen molar-refractivity contribution < 1.29 is 23.6 Å². The summed E-state index contributed by atoms with van der Waals surface area (Å²) in [4.78, 5) is 22.3. The molecule has 0 spiro atoms. The minimum Gasteiger partial charge on any atom is -0.497 e. The van der Waals surface area contributed by atoms with Crippen LogP contribution in [0, 0.1) is 10.1 Å². The van der Waals surface area contributed by atoms with Crippen LogP contribution in [0.15, 0.2) is 52.1 Å². The molecule has 3 rings (SSSR count). The largest absolute Gasteiger partial charge is 0.497 e. The van der Waals surface area contributed by atoms with E-state index in [1.165, 1.54) is 37.1 Å². The lowest BCUT2D eigenvalue weighted by Gasteiger charge is -2.03. The number of methoxy groups -OCH3 is 2. The van der Waals surface area contributed by atoms with Gasteiger partial charge in [-0.1, -0.05) is 11.8 Å². The summed E-state index contributed by atoms with van der Waals surface area (Å²) >= 11 is 1.21. The third-order valence-corrected chi connectivity index (χ3v) is 4.60. The van der Waals surface area contributed by atoms with E-state index in [1.807, 2.05) is 0 Å². The quantitative estimate of drug-likeness (QED) is 0.252. The standard InChI is InChI=1S/C18H15N3O6S/c1-25-15-5-3-12(4-6-15)16-19-20-18(27-16)28-10-11-7-13(17(22)26-2)9-14(8-11)21(23)24/h3-9H,10H2,1-2H3. The Morgan fingerprint density at radius 3 is 2.57 bits per heavy atom. The summed E-state index contributed by atoms with van der Waals surface area (Å²) in [5.74, 6) is 0.717. The zero-order chi connectivity index (χ0) is 20.1. The van der Waals surface area contributed by atoms with Crippen molar-refractivity contribution in [2.24, 2.45) is 0 Å². The van der Waals surface area contributed by atoms with Crippen LogP contribution in [-0.4, -0.2) is 35.3 Å². The number of nitro benzene ring substituents is 1. The number of aromatic nitrogens is 2. The Balaban J connectivity index is 1.75. The van der Waals surface area contributed by atoms with E-state index in [0.29, 0.717) is 28.2 Å². The van der Waals surface area contributed by atoms with Crippen molar-refractivity contribution in [3.05, 3.63) is 63.7 Å². The third kappa shape index (κ3) is 4.46. The van der Waals surface area contributed by atoms with Crippen LogP contribution < -0.4 is 4.74 Å². The van der Waals surface area contributed by atoms with Gasteiger partial charge in [0.25, 0.3) is 10.9 Å². The second-order valence-corrected chi connectivity index (χ2v) is 6.45. The van der Waals surface area contributed by atoms with Crippen LogP contribution in [-0.2, 0) is 10.5 Å². The summed E-state index contributed by atoms with van der Waals surface area (Å²) in [6.45, 7) is 0. The second kappa shape index (κ2) is 8.53. The van der Waals surface area contributed by atoms with E-state index in [2.05, 4.69) is 14.9 Å². The van der Waals surface area contributed by atoms with Crippen molar-refractivity contribution in [2.75, 3.05) is 14.2 Å². The molecule has 0 N–H and O–H groups in total. The van der Waals surface area contributed by atoms with E-state index in [9.17, 15) is 14.9 Å². The number of rotatable bonds is 7. The molecular formula is C18H15N3O6S. The number of esters is 1. The Hall–Kier alpha value is -3.40. The highest BCUT2D eigenvalue weighted by atomic mass is 32.2. The molecule has 9 nitrogen and oxygen atoms in total. The van der Waals surface area contributed by atoms with Crippen molar-refractivity contribution in [1.82, 2.24) is 10.2 Å². The topological polar surface area (TPSA) is 118 Å². The first kappa shape index (κ1) is 19.4. The first-order valence-electron chi connectivity index (χ1n) is 7.97. The van der Waals surface area contributed by atoms with E-state index in [1.54, 1.807) is 31.4 Å². The monoisotopic (exact) mass is 401 g/mol. The number of hydrogen-bond acceptors (Lipinski definition) is 9. The minimum absolute atomic E-state index is 0.108. The summed E-state index contributed by atoms with van der Waals surface area (Å²) in [7, 11) is 2.80. The van der Waals surface area contributed by atoms with Gasteiger partial charge in [-0.15, -0.1) is 10.2 Å². The molecule has 144 valence electrons. The number of nitro groups is 1. The van der Waals surface area contributed by atoms with Crippen LogP contribution in [0.25, 0.3) is 11.5 Å². The third-order valence-electron chi connectivity index (χ3n) is 3.72. The Morgan fingerprint density at radius 2 is 1.93 bits per heavy atom. The summed E-state index contributed by atoms with van der Waals surface area (Å²) in [5, 5.41) is 19.4. The van der Waals surface area contributed by atoms with Crippen LogP contribution in [0.2, 0.25) is 0 Å². The van der Waals surface area contributed by atoms with Crippen LogP contribution in [0.4, 0.5) is 5.69 Å². The molecule has 28 heavy (non-hydrogen) atoms. The summed E-state index contributed by atoms with van der Waals surface area (Å²) in [6.07, 6.45) is 0. The lowest BCUT2D eigenvalue weighted by molar-refractivity contribution is -0.384. The Morgan fingerprint density at radius 1 is 1.18 bits per heavy atom. The lowest BCUT2D eigenvalue weighted by atomic mass is 10.1. The van der Waals surface area contributed by atoms with Gasteiger partial charge in [-0.2, -0.15) is 0 Å². The van der Waals surface area contributed by atoms with E-state index in [-0.39, 0.29) is 11.3 Å². The fourth-order valence-corrected chi connectivity index (χ4v) is 3.06. The number of nitrogens with zero attached hydrogens (tertiary/aromatic N) is 3. The van der Waals surface area contributed by atoms with E-state index in [0.717, 1.165) is 5.56 Å². The summed E-state index contributed by atoms with van der Waals surface area (Å²) < 4.78 is 15.4. The molecule has 0 aliphatic rings. The Kier molecular flexibility index (Phi) is 5.90. The normalized spacial score (nSPS) is 10.5. The molecular weight excluding hydrogens is 386 g/mol. The molecule has 0 saturated heterocycles. The Labute approximate surface area is 163 Å². The van der Waals surface area contributed by atoms with Crippen molar-refractivity contribution in [2.45, 2.75) is 11.0 Å². The molecule has 10 heteroatoms. The number of ether oxygens (including phenoxy) is 2. The summed E-state index contributed by atoms with van der Waals surface area (Å²) in [6, 6.07) is 11.3. The highest BCUT2D eigenvalue weighted by Crippen LogP contribution is 2.28. The van der Waals surface area contributed by atoms with Gasteiger partial charge in [0, 0.05) is 23.4 Å². The average Bonchev–Trinajstić information content (AvgIpc) is 3.20. The molecule has 0 unspecified atom stereocenters. The maximum absolute atomic E-state index is 11.7. The number of hydrogen-bond donors (Lipinski definition) is 0. The predicted molar refractivity (Wildman–Crippen MR) is 100 cm³/mol. The molecule has 0 radical (unpaired) electrons. The molecule has 2 aromatic carbocycles. The minimum atomic E-state index is -0.644. The number of thioether (sulfide) groups is 1.